The SMILES string of the molecule is Cc1ccnc(NCCOC2CCCCCC2)c1[N+](=O)[O-]. The fourth-order valence-corrected chi connectivity index (χ4v) is 2.71. The number of ether oxygens (including phenoxy) is 1. The number of pyridine rings is 1. The third kappa shape index (κ3) is 4.67. The number of rotatable bonds is 6. The Morgan fingerprint density at radius 1 is 1.38 bits per heavy atom. The van der Waals surface area contributed by atoms with Crippen molar-refractivity contribution in [1.82, 2.24) is 4.98 Å². The van der Waals surface area contributed by atoms with Gasteiger partial charge >= 0.3 is 5.69 Å². The van der Waals surface area contributed by atoms with Gasteiger partial charge in [0, 0.05) is 18.3 Å². The number of hydrogen-bond acceptors (Lipinski definition) is 5. The zero-order valence-corrected chi connectivity index (χ0v) is 12.5. The maximum absolute atomic E-state index is 11.1. The molecular formula is C15H23N3O3. The lowest BCUT2D eigenvalue weighted by Crippen LogP contribution is -2.18. The van der Waals surface area contributed by atoms with Gasteiger partial charge in [-0.1, -0.05) is 25.7 Å². The summed E-state index contributed by atoms with van der Waals surface area (Å²) in [6, 6.07) is 1.64. The molecule has 0 amide bonds. The highest BCUT2D eigenvalue weighted by Crippen LogP contribution is 2.25. The van der Waals surface area contributed by atoms with E-state index in [0.29, 0.717) is 30.6 Å². The van der Waals surface area contributed by atoms with E-state index in [1.54, 1.807) is 19.2 Å². The number of nitrogens with one attached hydrogen (secondary N) is 1. The molecule has 1 saturated carbocycles. The molecule has 0 aromatic carbocycles. The molecule has 0 aliphatic heterocycles. The second kappa shape index (κ2) is 7.93. The molecule has 1 aromatic heterocycles. The van der Waals surface area contributed by atoms with Crippen molar-refractivity contribution in [3.63, 3.8) is 0 Å². The van der Waals surface area contributed by atoms with Gasteiger partial charge in [-0.15, -0.1) is 0 Å². The van der Waals surface area contributed by atoms with E-state index in [1.165, 1.54) is 25.7 Å². The van der Waals surface area contributed by atoms with Gasteiger partial charge in [0.2, 0.25) is 5.82 Å². The maximum Gasteiger partial charge on any atom is 0.314 e. The Labute approximate surface area is 125 Å². The Morgan fingerprint density at radius 3 is 2.76 bits per heavy atom. The van der Waals surface area contributed by atoms with Crippen LogP contribution >= 0.6 is 0 Å². The average Bonchev–Trinajstić information content (AvgIpc) is 2.72. The molecule has 6 heteroatoms. The normalized spacial score (nSPS) is 16.4. The number of nitro groups is 1. The van der Waals surface area contributed by atoms with Gasteiger partial charge in [0.25, 0.3) is 0 Å². The van der Waals surface area contributed by atoms with Crippen molar-refractivity contribution in [3.05, 3.63) is 27.9 Å². The lowest BCUT2D eigenvalue weighted by Gasteiger charge is -2.15. The molecule has 1 aliphatic rings. The summed E-state index contributed by atoms with van der Waals surface area (Å²) in [4.78, 5) is 14.7. The highest BCUT2D eigenvalue weighted by atomic mass is 16.6. The van der Waals surface area contributed by atoms with Crippen molar-refractivity contribution >= 4 is 11.5 Å². The van der Waals surface area contributed by atoms with E-state index in [1.807, 2.05) is 0 Å². The standard InChI is InChI=1S/C15H23N3O3/c1-12-8-9-16-15(14(12)18(19)20)17-10-11-21-13-6-4-2-3-5-7-13/h8-9,13H,2-7,10-11H2,1H3,(H,16,17). The summed E-state index contributed by atoms with van der Waals surface area (Å²) in [5, 5.41) is 14.1. The van der Waals surface area contributed by atoms with Crippen molar-refractivity contribution in [2.75, 3.05) is 18.5 Å². The van der Waals surface area contributed by atoms with Gasteiger partial charge in [-0.2, -0.15) is 0 Å². The van der Waals surface area contributed by atoms with Gasteiger partial charge in [-0.05, 0) is 25.8 Å². The van der Waals surface area contributed by atoms with Gasteiger partial charge in [0.15, 0.2) is 0 Å². The molecule has 0 bridgehead atoms. The second-order valence-electron chi connectivity index (χ2n) is 5.49. The van der Waals surface area contributed by atoms with Crippen molar-refractivity contribution < 1.29 is 9.66 Å². The van der Waals surface area contributed by atoms with Crippen LogP contribution in [0.25, 0.3) is 0 Å². The molecule has 116 valence electrons. The van der Waals surface area contributed by atoms with E-state index in [4.69, 9.17) is 4.74 Å². The zero-order chi connectivity index (χ0) is 15.1. The van der Waals surface area contributed by atoms with Crippen LogP contribution in [-0.2, 0) is 4.74 Å². The molecule has 0 unspecified atom stereocenters. The summed E-state index contributed by atoms with van der Waals surface area (Å²) in [5.74, 6) is 0.324. The second-order valence-corrected chi connectivity index (χ2v) is 5.49. The van der Waals surface area contributed by atoms with Crippen molar-refractivity contribution in [3.8, 4) is 0 Å². The van der Waals surface area contributed by atoms with E-state index in [9.17, 15) is 10.1 Å². The van der Waals surface area contributed by atoms with Gasteiger partial charge < -0.3 is 10.1 Å². The first kappa shape index (κ1) is 15.7. The molecule has 0 saturated heterocycles. The van der Waals surface area contributed by atoms with Crippen LogP contribution in [0.15, 0.2) is 12.3 Å². The maximum atomic E-state index is 11.1. The molecular weight excluding hydrogens is 270 g/mol. The summed E-state index contributed by atoms with van der Waals surface area (Å²) in [5.41, 5.74) is 0.661. The van der Waals surface area contributed by atoms with Crippen LogP contribution in [-0.4, -0.2) is 29.2 Å². The molecule has 1 fully saturated rings. The first-order valence-electron chi connectivity index (χ1n) is 7.64. The minimum atomic E-state index is -0.392. The Morgan fingerprint density at radius 2 is 2.10 bits per heavy atom. The van der Waals surface area contributed by atoms with E-state index in [0.717, 1.165) is 12.8 Å². The number of aromatic nitrogens is 1. The molecule has 21 heavy (non-hydrogen) atoms. The first-order chi connectivity index (χ1) is 10.2. The highest BCUT2D eigenvalue weighted by Gasteiger charge is 2.18. The van der Waals surface area contributed by atoms with E-state index in [2.05, 4.69) is 10.3 Å². The van der Waals surface area contributed by atoms with Crippen LogP contribution < -0.4 is 5.32 Å². The van der Waals surface area contributed by atoms with Gasteiger partial charge in [-0.25, -0.2) is 4.98 Å². The molecule has 1 heterocycles. The predicted octanol–water partition coefficient (Wildman–Crippen LogP) is 3.45. The number of hydrogen-bond donors (Lipinski definition) is 1. The summed E-state index contributed by atoms with van der Waals surface area (Å²) < 4.78 is 5.86. The Hall–Kier alpha value is -1.69. The quantitative estimate of drug-likeness (QED) is 0.376. The minimum absolute atomic E-state index is 0.0481. The third-order valence-electron chi connectivity index (χ3n) is 3.86. The van der Waals surface area contributed by atoms with Crippen LogP contribution in [0, 0.1) is 17.0 Å². The number of nitrogens with zero attached hydrogens (tertiary/aromatic N) is 2. The van der Waals surface area contributed by atoms with E-state index in [-0.39, 0.29) is 5.69 Å². The summed E-state index contributed by atoms with van der Waals surface area (Å²) in [6.07, 6.45) is 9.26. The van der Waals surface area contributed by atoms with Crippen molar-refractivity contribution in [2.24, 2.45) is 0 Å². The molecule has 1 aliphatic carbocycles. The van der Waals surface area contributed by atoms with Crippen molar-refractivity contribution in [2.45, 2.75) is 51.6 Å². The average molecular weight is 293 g/mol. The van der Waals surface area contributed by atoms with Crippen LogP contribution in [0.2, 0.25) is 0 Å². The molecule has 0 atom stereocenters. The Kier molecular flexibility index (Phi) is 5.92. The van der Waals surface area contributed by atoms with Gasteiger partial charge in [0.05, 0.1) is 17.6 Å². The van der Waals surface area contributed by atoms with Crippen LogP contribution in [0.3, 0.4) is 0 Å². The predicted molar refractivity (Wildman–Crippen MR) is 81.6 cm³/mol. The summed E-state index contributed by atoms with van der Waals surface area (Å²) >= 11 is 0. The molecule has 2 rings (SSSR count). The van der Waals surface area contributed by atoms with Crippen LogP contribution in [0.4, 0.5) is 11.5 Å². The minimum Gasteiger partial charge on any atom is -0.376 e. The first-order valence-corrected chi connectivity index (χ1v) is 7.64. The van der Waals surface area contributed by atoms with E-state index >= 15 is 0 Å². The molecule has 1 N–H and O–H groups in total. The topological polar surface area (TPSA) is 77.3 Å². The summed E-state index contributed by atoms with van der Waals surface area (Å²) in [6.45, 7) is 2.80. The molecule has 0 spiro atoms. The largest absolute Gasteiger partial charge is 0.376 e. The zero-order valence-electron chi connectivity index (χ0n) is 12.5. The fraction of sp³-hybridized carbons (Fsp3) is 0.667. The molecule has 0 radical (unpaired) electrons. The molecule has 1 aromatic rings. The van der Waals surface area contributed by atoms with Crippen LogP contribution in [0.1, 0.15) is 44.1 Å². The smallest absolute Gasteiger partial charge is 0.314 e. The van der Waals surface area contributed by atoms with Gasteiger partial charge in [-0.3, -0.25) is 10.1 Å². The molecule has 6 nitrogen and oxygen atoms in total. The monoisotopic (exact) mass is 293 g/mol. The lowest BCUT2D eigenvalue weighted by atomic mass is 10.1. The fourth-order valence-electron chi connectivity index (χ4n) is 2.71. The summed E-state index contributed by atoms with van der Waals surface area (Å²) in [7, 11) is 0. The number of anilines is 1. The highest BCUT2D eigenvalue weighted by molar-refractivity contribution is 5.59. The Balaban J connectivity index is 1.80. The van der Waals surface area contributed by atoms with Gasteiger partial charge in [0.1, 0.15) is 0 Å². The third-order valence-corrected chi connectivity index (χ3v) is 3.86. The number of aryl methyl sites for hydroxylation is 1. The lowest BCUT2D eigenvalue weighted by molar-refractivity contribution is -0.384. The Bertz CT molecular complexity index is 471. The van der Waals surface area contributed by atoms with E-state index < -0.39 is 4.92 Å². The van der Waals surface area contributed by atoms with Crippen LogP contribution in [0.5, 0.6) is 0 Å². The van der Waals surface area contributed by atoms with Crippen molar-refractivity contribution in [1.29, 1.82) is 0 Å².